The van der Waals surface area contributed by atoms with Crippen LogP contribution in [0.25, 0.3) is 6.08 Å². The molecule has 2 saturated heterocycles. The minimum atomic E-state index is -4.06. The molecule has 2 amide bonds. The summed E-state index contributed by atoms with van der Waals surface area (Å²) in [5.74, 6) is -1.32. The van der Waals surface area contributed by atoms with Gasteiger partial charge in [-0.3, -0.25) is 19.3 Å². The first-order valence-electron chi connectivity index (χ1n) is 11.4. The lowest BCUT2D eigenvalue weighted by Gasteiger charge is -2.25. The van der Waals surface area contributed by atoms with E-state index < -0.39 is 34.1 Å². The summed E-state index contributed by atoms with van der Waals surface area (Å²) in [4.78, 5) is 32.6. The van der Waals surface area contributed by atoms with Crippen LogP contribution in [0.1, 0.15) is 11.1 Å². The number of benzene rings is 3. The maximum absolute atomic E-state index is 12.9. The molecule has 3 atom stereocenters. The number of anilines is 1. The predicted molar refractivity (Wildman–Crippen MR) is 133 cm³/mol. The summed E-state index contributed by atoms with van der Waals surface area (Å²) in [6.45, 7) is 1.87. The van der Waals surface area contributed by atoms with Gasteiger partial charge < -0.3 is 4.18 Å². The Kier molecular flexibility index (Phi) is 6.11. The van der Waals surface area contributed by atoms with Gasteiger partial charge in [0.05, 0.1) is 11.7 Å². The summed E-state index contributed by atoms with van der Waals surface area (Å²) in [7, 11) is -2.61. The Labute approximate surface area is 209 Å². The Balaban J connectivity index is 1.47. The standard InChI is InChI=1S/C27H24N2O6S/c1-18-12-15-21(16-13-18)36(32,33)35-23-11-7-6-8-19(23)14-17-22-24-25(27(31)28(2)26(24)30)34-29(22)20-9-4-3-5-10-20/h3-17,22,24-25H,1-2H3/b17-14+/t22-,24-,25+/m0/s1. The van der Waals surface area contributed by atoms with Crippen molar-refractivity contribution in [3.8, 4) is 5.75 Å². The summed E-state index contributed by atoms with van der Waals surface area (Å²) in [6, 6.07) is 21.7. The number of nitrogens with zero attached hydrogens (tertiary/aromatic N) is 2. The molecule has 8 nitrogen and oxygen atoms in total. The number of fused-ring (bicyclic) bond motifs is 1. The molecule has 9 heteroatoms. The fourth-order valence-corrected chi connectivity index (χ4v) is 5.31. The number of amides is 2. The van der Waals surface area contributed by atoms with Gasteiger partial charge in [0.15, 0.2) is 6.10 Å². The second-order valence-corrected chi connectivity index (χ2v) is 10.2. The van der Waals surface area contributed by atoms with Gasteiger partial charge >= 0.3 is 10.1 Å². The summed E-state index contributed by atoms with van der Waals surface area (Å²) in [6.07, 6.45) is 2.50. The number of rotatable bonds is 6. The summed E-state index contributed by atoms with van der Waals surface area (Å²) >= 11 is 0. The Morgan fingerprint density at radius 1 is 0.889 bits per heavy atom. The number of carbonyl (C=O) groups excluding carboxylic acids is 2. The fourth-order valence-electron chi connectivity index (χ4n) is 4.35. The van der Waals surface area contributed by atoms with E-state index in [4.69, 9.17) is 9.02 Å². The largest absolute Gasteiger partial charge is 0.378 e. The third-order valence-corrected chi connectivity index (χ3v) is 7.54. The third kappa shape index (κ3) is 4.27. The summed E-state index contributed by atoms with van der Waals surface area (Å²) in [5.41, 5.74) is 2.12. The van der Waals surface area contributed by atoms with Crippen LogP contribution >= 0.6 is 0 Å². The van der Waals surface area contributed by atoms with Crippen LogP contribution in [0.3, 0.4) is 0 Å². The molecular weight excluding hydrogens is 480 g/mol. The fraction of sp³-hybridized carbons (Fsp3) is 0.185. The van der Waals surface area contributed by atoms with Crippen LogP contribution in [0.15, 0.2) is 89.8 Å². The highest BCUT2D eigenvalue weighted by Gasteiger charge is 2.57. The van der Waals surface area contributed by atoms with E-state index >= 15 is 0 Å². The maximum atomic E-state index is 12.9. The van der Waals surface area contributed by atoms with Crippen molar-refractivity contribution in [3.05, 3.63) is 96.1 Å². The SMILES string of the molecule is Cc1ccc(S(=O)(=O)Oc2ccccc2/C=C/[C@H]2[C@@H]3C(=O)N(C)C(=O)[C@@H]3ON2c2ccccc2)cc1. The number of hydroxylamine groups is 1. The van der Waals surface area contributed by atoms with Crippen molar-refractivity contribution in [1.82, 2.24) is 4.90 Å². The number of likely N-dealkylation sites (tertiary alicyclic amines) is 1. The van der Waals surface area contributed by atoms with Crippen LogP contribution in [-0.2, 0) is 24.5 Å². The molecule has 2 aliphatic rings. The first-order valence-corrected chi connectivity index (χ1v) is 12.8. The second-order valence-electron chi connectivity index (χ2n) is 8.69. The normalized spacial score (nSPS) is 21.9. The topological polar surface area (TPSA) is 93.2 Å². The second kappa shape index (κ2) is 9.25. The Hall–Kier alpha value is -3.95. The van der Waals surface area contributed by atoms with Crippen LogP contribution in [0.4, 0.5) is 5.69 Å². The molecule has 2 aliphatic heterocycles. The maximum Gasteiger partial charge on any atom is 0.339 e. The molecule has 0 aromatic heterocycles. The predicted octanol–water partition coefficient (Wildman–Crippen LogP) is 3.58. The number of aryl methyl sites for hydroxylation is 1. The van der Waals surface area contributed by atoms with Crippen molar-refractivity contribution in [2.24, 2.45) is 5.92 Å². The van der Waals surface area contributed by atoms with Crippen molar-refractivity contribution in [2.45, 2.75) is 24.0 Å². The monoisotopic (exact) mass is 504 g/mol. The Morgan fingerprint density at radius 2 is 1.56 bits per heavy atom. The molecule has 36 heavy (non-hydrogen) atoms. The van der Waals surface area contributed by atoms with Crippen molar-refractivity contribution in [3.63, 3.8) is 0 Å². The van der Waals surface area contributed by atoms with E-state index in [1.807, 2.05) is 37.3 Å². The van der Waals surface area contributed by atoms with Crippen LogP contribution < -0.4 is 9.25 Å². The van der Waals surface area contributed by atoms with Crippen LogP contribution in [-0.4, -0.2) is 44.3 Å². The number of hydrogen-bond acceptors (Lipinski definition) is 7. The van der Waals surface area contributed by atoms with Gasteiger partial charge in [0, 0.05) is 12.6 Å². The van der Waals surface area contributed by atoms with Crippen molar-refractivity contribution in [2.75, 3.05) is 12.1 Å². The van der Waals surface area contributed by atoms with Gasteiger partial charge in [0.2, 0.25) is 5.91 Å². The molecule has 0 unspecified atom stereocenters. The van der Waals surface area contributed by atoms with E-state index in [0.29, 0.717) is 11.3 Å². The minimum absolute atomic E-state index is 0.0484. The highest BCUT2D eigenvalue weighted by molar-refractivity contribution is 7.87. The van der Waals surface area contributed by atoms with Crippen molar-refractivity contribution in [1.29, 1.82) is 0 Å². The molecule has 5 rings (SSSR count). The average Bonchev–Trinajstić information content (AvgIpc) is 3.35. The molecule has 0 saturated carbocycles. The highest BCUT2D eigenvalue weighted by atomic mass is 32.2. The van der Waals surface area contributed by atoms with Gasteiger partial charge in [-0.2, -0.15) is 8.42 Å². The molecule has 0 aliphatic carbocycles. The molecule has 184 valence electrons. The number of carbonyl (C=O) groups is 2. The number of imide groups is 1. The molecule has 0 spiro atoms. The molecule has 3 aromatic carbocycles. The number of para-hydroxylation sites is 2. The van der Waals surface area contributed by atoms with Crippen molar-refractivity contribution >= 4 is 33.7 Å². The Bertz CT molecular complexity index is 1440. The molecule has 2 fully saturated rings. The first kappa shape index (κ1) is 23.8. The quantitative estimate of drug-likeness (QED) is 0.374. The zero-order chi connectivity index (χ0) is 25.4. The molecular formula is C27H24N2O6S. The van der Waals surface area contributed by atoms with Gasteiger partial charge in [-0.15, -0.1) is 0 Å². The molecule has 3 aromatic rings. The lowest BCUT2D eigenvalue weighted by atomic mass is 9.95. The first-order chi connectivity index (χ1) is 17.3. The van der Waals surface area contributed by atoms with Gasteiger partial charge in [-0.05, 0) is 37.3 Å². The lowest BCUT2D eigenvalue weighted by Crippen LogP contribution is -2.37. The van der Waals surface area contributed by atoms with Gasteiger partial charge in [0.1, 0.15) is 16.6 Å². The van der Waals surface area contributed by atoms with Crippen molar-refractivity contribution < 1.29 is 27.0 Å². The Morgan fingerprint density at radius 3 is 2.28 bits per heavy atom. The van der Waals surface area contributed by atoms with Gasteiger partial charge in [0.25, 0.3) is 5.91 Å². The molecule has 0 N–H and O–H groups in total. The van der Waals surface area contributed by atoms with Gasteiger partial charge in [-0.25, -0.2) is 5.06 Å². The zero-order valence-electron chi connectivity index (χ0n) is 19.6. The van der Waals surface area contributed by atoms with E-state index in [-0.39, 0.29) is 16.6 Å². The molecule has 0 bridgehead atoms. The van der Waals surface area contributed by atoms with E-state index in [0.717, 1.165) is 10.5 Å². The van der Waals surface area contributed by atoms with Gasteiger partial charge in [-0.1, -0.05) is 66.2 Å². The smallest absolute Gasteiger partial charge is 0.339 e. The summed E-state index contributed by atoms with van der Waals surface area (Å²) < 4.78 is 31.2. The number of likely N-dealkylation sites (N-methyl/N-ethyl adjacent to an activating group) is 1. The molecule has 2 heterocycles. The van der Waals surface area contributed by atoms with Crippen LogP contribution in [0.5, 0.6) is 5.75 Å². The summed E-state index contributed by atoms with van der Waals surface area (Å²) in [5, 5.41) is 1.56. The van der Waals surface area contributed by atoms with E-state index in [9.17, 15) is 18.0 Å². The molecule has 0 radical (unpaired) electrons. The minimum Gasteiger partial charge on any atom is -0.378 e. The number of hydrogen-bond donors (Lipinski definition) is 0. The zero-order valence-corrected chi connectivity index (χ0v) is 20.5. The third-order valence-electron chi connectivity index (χ3n) is 6.29. The van der Waals surface area contributed by atoms with E-state index in [1.165, 1.54) is 19.2 Å². The lowest BCUT2D eigenvalue weighted by molar-refractivity contribution is -0.141. The van der Waals surface area contributed by atoms with Crippen LogP contribution in [0, 0.1) is 12.8 Å². The highest BCUT2D eigenvalue weighted by Crippen LogP contribution is 2.39. The average molecular weight is 505 g/mol. The van der Waals surface area contributed by atoms with E-state index in [2.05, 4.69) is 0 Å². The van der Waals surface area contributed by atoms with E-state index in [1.54, 1.807) is 53.6 Å². The van der Waals surface area contributed by atoms with Crippen LogP contribution in [0.2, 0.25) is 0 Å².